The molecule has 0 bridgehead atoms. The third-order valence-corrected chi connectivity index (χ3v) is 3.29. The molecular formula is C12H18ClFN2S. The fraction of sp³-hybridized carbons (Fsp3) is 0.583. The number of nitrogens with zero attached hydrogens (tertiary/aromatic N) is 2. The average Bonchev–Trinajstić information content (AvgIpc) is 2.30. The molecule has 5 heteroatoms. The lowest BCUT2D eigenvalue weighted by Crippen LogP contribution is -2.21. The molecule has 2 nitrogen and oxygen atoms in total. The Kier molecular flexibility index (Phi) is 6.06. The number of aromatic nitrogens is 1. The van der Waals surface area contributed by atoms with Crippen molar-refractivity contribution in [2.75, 3.05) is 24.7 Å². The normalized spacial score (nSPS) is 10.6. The quantitative estimate of drug-likeness (QED) is 0.732. The second-order valence-corrected chi connectivity index (χ2v) is 5.20. The highest BCUT2D eigenvalue weighted by Gasteiger charge is 2.14. The molecule has 0 aromatic carbocycles. The van der Waals surface area contributed by atoms with Crippen LogP contribution in [0.1, 0.15) is 25.3 Å². The van der Waals surface area contributed by atoms with Gasteiger partial charge in [0.05, 0.1) is 0 Å². The number of anilines is 1. The Morgan fingerprint density at radius 1 is 1.53 bits per heavy atom. The van der Waals surface area contributed by atoms with Crippen LogP contribution in [0.15, 0.2) is 6.07 Å². The van der Waals surface area contributed by atoms with Gasteiger partial charge in [0.25, 0.3) is 0 Å². The monoisotopic (exact) mass is 276 g/mol. The Hall–Kier alpha value is -0.480. The second-order valence-electron chi connectivity index (χ2n) is 3.95. The zero-order valence-electron chi connectivity index (χ0n) is 10.5. The van der Waals surface area contributed by atoms with Gasteiger partial charge in [-0.05, 0) is 18.7 Å². The Morgan fingerprint density at radius 3 is 2.82 bits per heavy atom. The summed E-state index contributed by atoms with van der Waals surface area (Å²) in [6, 6.07) is 1.60. The first-order valence-corrected chi connectivity index (χ1v) is 7.42. The summed E-state index contributed by atoms with van der Waals surface area (Å²) in [6.45, 7) is 2.90. The third-order valence-electron chi connectivity index (χ3n) is 2.49. The Labute approximate surface area is 112 Å². The summed E-state index contributed by atoms with van der Waals surface area (Å²) < 4.78 is 14.1. The molecule has 17 heavy (non-hydrogen) atoms. The minimum atomic E-state index is -0.248. The summed E-state index contributed by atoms with van der Waals surface area (Å²) in [6.07, 6.45) is 4.03. The van der Waals surface area contributed by atoms with Crippen molar-refractivity contribution in [2.45, 2.75) is 25.5 Å². The molecule has 0 spiro atoms. The van der Waals surface area contributed by atoms with Crippen LogP contribution in [0.2, 0.25) is 5.15 Å². The molecule has 0 fully saturated rings. The lowest BCUT2D eigenvalue weighted by Gasteiger charge is -2.19. The molecule has 1 aromatic rings. The summed E-state index contributed by atoms with van der Waals surface area (Å²) in [5.74, 6) is 0.722. The summed E-state index contributed by atoms with van der Waals surface area (Å²) in [5, 5.41) is 0.355. The summed E-state index contributed by atoms with van der Waals surface area (Å²) in [7, 11) is 1.85. The molecule has 0 aliphatic carbocycles. The van der Waals surface area contributed by atoms with Crippen LogP contribution < -0.4 is 4.90 Å². The molecule has 0 saturated heterocycles. The van der Waals surface area contributed by atoms with E-state index in [1.807, 2.05) is 18.2 Å². The smallest absolute Gasteiger partial charge is 0.169 e. The van der Waals surface area contributed by atoms with Crippen LogP contribution in [0.4, 0.5) is 10.2 Å². The van der Waals surface area contributed by atoms with Crippen LogP contribution >= 0.6 is 23.4 Å². The lowest BCUT2D eigenvalue weighted by atomic mass is 10.2. The lowest BCUT2D eigenvalue weighted by molar-refractivity contribution is 0.602. The van der Waals surface area contributed by atoms with Gasteiger partial charge >= 0.3 is 0 Å². The van der Waals surface area contributed by atoms with Gasteiger partial charge in [-0.25, -0.2) is 9.37 Å². The molecule has 0 amide bonds. The standard InChI is InChI=1S/C12H18ClFN2S/c1-4-5-6-16(2)12-11(14)9(8-17-3)7-10(13)15-12/h7H,4-6,8H2,1-3H3. The molecule has 0 saturated carbocycles. The van der Waals surface area contributed by atoms with Crippen molar-refractivity contribution < 1.29 is 4.39 Å². The summed E-state index contributed by atoms with van der Waals surface area (Å²) in [5.41, 5.74) is 0.621. The van der Waals surface area contributed by atoms with Gasteiger partial charge in [-0.15, -0.1) is 0 Å². The van der Waals surface area contributed by atoms with E-state index in [1.165, 1.54) is 0 Å². The van der Waals surface area contributed by atoms with Gasteiger partial charge in [-0.3, -0.25) is 0 Å². The maximum atomic E-state index is 14.1. The maximum absolute atomic E-state index is 14.1. The van der Waals surface area contributed by atoms with Gasteiger partial charge in [-0.1, -0.05) is 24.9 Å². The van der Waals surface area contributed by atoms with Crippen LogP contribution in [0.3, 0.4) is 0 Å². The number of rotatable bonds is 6. The van der Waals surface area contributed by atoms with Crippen LogP contribution in [0.25, 0.3) is 0 Å². The molecule has 96 valence electrons. The van der Waals surface area contributed by atoms with Crippen molar-refractivity contribution in [3.8, 4) is 0 Å². The highest BCUT2D eigenvalue weighted by molar-refractivity contribution is 7.97. The van der Waals surface area contributed by atoms with Crippen molar-refractivity contribution in [1.82, 2.24) is 4.98 Å². The molecule has 0 atom stereocenters. The van der Waals surface area contributed by atoms with Gasteiger partial charge in [-0.2, -0.15) is 11.8 Å². The minimum absolute atomic E-state index is 0.248. The van der Waals surface area contributed by atoms with Crippen LogP contribution in [0.5, 0.6) is 0 Å². The molecule has 0 aliphatic heterocycles. The Bertz CT molecular complexity index is 374. The van der Waals surface area contributed by atoms with Gasteiger partial charge in [0.2, 0.25) is 0 Å². The SMILES string of the molecule is CCCCN(C)c1nc(Cl)cc(CSC)c1F. The van der Waals surface area contributed by atoms with E-state index in [-0.39, 0.29) is 5.82 Å². The zero-order chi connectivity index (χ0) is 12.8. The Balaban J connectivity index is 2.97. The van der Waals surface area contributed by atoms with E-state index in [4.69, 9.17) is 11.6 Å². The van der Waals surface area contributed by atoms with E-state index >= 15 is 0 Å². The van der Waals surface area contributed by atoms with E-state index in [2.05, 4.69) is 11.9 Å². The van der Waals surface area contributed by atoms with E-state index < -0.39 is 0 Å². The second kappa shape index (κ2) is 7.07. The Morgan fingerprint density at radius 2 is 2.24 bits per heavy atom. The van der Waals surface area contributed by atoms with Crippen molar-refractivity contribution in [2.24, 2.45) is 0 Å². The topological polar surface area (TPSA) is 16.1 Å². The first-order valence-electron chi connectivity index (χ1n) is 5.65. The molecule has 0 radical (unpaired) electrons. The van der Waals surface area contributed by atoms with E-state index in [1.54, 1.807) is 17.8 Å². The number of pyridine rings is 1. The van der Waals surface area contributed by atoms with Crippen LogP contribution in [0, 0.1) is 5.82 Å². The van der Waals surface area contributed by atoms with E-state index in [9.17, 15) is 4.39 Å². The maximum Gasteiger partial charge on any atom is 0.169 e. The fourth-order valence-corrected chi connectivity index (χ4v) is 2.28. The largest absolute Gasteiger partial charge is 0.357 e. The molecule has 0 N–H and O–H groups in total. The fourth-order valence-electron chi connectivity index (χ4n) is 1.55. The number of unbranched alkanes of at least 4 members (excludes halogenated alkanes) is 1. The van der Waals surface area contributed by atoms with Crippen molar-refractivity contribution in [1.29, 1.82) is 0 Å². The minimum Gasteiger partial charge on any atom is -0.357 e. The molecule has 0 aliphatic rings. The number of hydrogen-bond donors (Lipinski definition) is 0. The summed E-state index contributed by atoms with van der Waals surface area (Å²) >= 11 is 7.49. The highest BCUT2D eigenvalue weighted by Crippen LogP contribution is 2.25. The van der Waals surface area contributed by atoms with Crippen molar-refractivity contribution in [3.63, 3.8) is 0 Å². The predicted molar refractivity (Wildman–Crippen MR) is 74.6 cm³/mol. The van der Waals surface area contributed by atoms with Crippen LogP contribution in [-0.2, 0) is 5.75 Å². The van der Waals surface area contributed by atoms with Gasteiger partial charge in [0.1, 0.15) is 5.15 Å². The van der Waals surface area contributed by atoms with E-state index in [0.29, 0.717) is 22.3 Å². The van der Waals surface area contributed by atoms with Crippen molar-refractivity contribution in [3.05, 3.63) is 22.6 Å². The third kappa shape index (κ3) is 4.03. The number of halogens is 2. The number of thioether (sulfide) groups is 1. The van der Waals surface area contributed by atoms with Gasteiger partial charge in [0.15, 0.2) is 11.6 Å². The average molecular weight is 277 g/mol. The highest BCUT2D eigenvalue weighted by atomic mass is 35.5. The first-order chi connectivity index (χ1) is 8.10. The number of hydrogen-bond acceptors (Lipinski definition) is 3. The van der Waals surface area contributed by atoms with Crippen LogP contribution in [-0.4, -0.2) is 24.8 Å². The summed E-state index contributed by atoms with van der Waals surface area (Å²) in [4.78, 5) is 5.90. The van der Waals surface area contributed by atoms with E-state index in [0.717, 1.165) is 19.4 Å². The molecule has 1 rings (SSSR count). The van der Waals surface area contributed by atoms with Gasteiger partial charge in [0, 0.05) is 24.9 Å². The zero-order valence-corrected chi connectivity index (χ0v) is 12.0. The molecule has 0 unspecified atom stereocenters. The molecule has 1 aromatic heterocycles. The van der Waals surface area contributed by atoms with Crippen molar-refractivity contribution >= 4 is 29.2 Å². The van der Waals surface area contributed by atoms with Gasteiger partial charge < -0.3 is 4.90 Å². The first kappa shape index (κ1) is 14.6. The molecule has 1 heterocycles. The predicted octanol–water partition coefficient (Wildman–Crippen LogP) is 3.97. The molecular weight excluding hydrogens is 259 g/mol.